The summed E-state index contributed by atoms with van der Waals surface area (Å²) in [5, 5.41) is 3.29. The number of rotatable bonds is 5. The van der Waals surface area contributed by atoms with Gasteiger partial charge in [0.1, 0.15) is 0 Å². The van der Waals surface area contributed by atoms with Crippen molar-refractivity contribution in [1.82, 2.24) is 20.0 Å². The van der Waals surface area contributed by atoms with Crippen molar-refractivity contribution >= 4 is 5.91 Å². The molecule has 23 heavy (non-hydrogen) atoms. The van der Waals surface area contributed by atoms with Crippen LogP contribution in [0.4, 0.5) is 0 Å². The monoisotopic (exact) mass is 316 g/mol. The summed E-state index contributed by atoms with van der Waals surface area (Å²) in [6.07, 6.45) is 0.665. The Kier molecular flexibility index (Phi) is 6.02. The molecule has 0 radical (unpaired) electrons. The predicted molar refractivity (Wildman–Crippen MR) is 92.2 cm³/mol. The average molecular weight is 316 g/mol. The van der Waals surface area contributed by atoms with Crippen molar-refractivity contribution in [2.24, 2.45) is 0 Å². The van der Waals surface area contributed by atoms with Crippen LogP contribution in [0.25, 0.3) is 0 Å². The minimum atomic E-state index is 0.318. The molecule has 1 aromatic carbocycles. The second kappa shape index (κ2) is 8.43. The fourth-order valence-corrected chi connectivity index (χ4v) is 3.34. The number of benzene rings is 1. The Morgan fingerprint density at radius 1 is 0.913 bits per heavy atom. The van der Waals surface area contributed by atoms with Crippen molar-refractivity contribution in [2.75, 3.05) is 58.9 Å². The zero-order valence-electron chi connectivity index (χ0n) is 13.9. The van der Waals surface area contributed by atoms with Crippen LogP contribution in [0.5, 0.6) is 0 Å². The lowest BCUT2D eigenvalue weighted by Gasteiger charge is -2.35. The summed E-state index contributed by atoms with van der Waals surface area (Å²) in [4.78, 5) is 19.1. The molecule has 126 valence electrons. The molecule has 2 fully saturated rings. The Bertz CT molecular complexity index is 479. The zero-order chi connectivity index (χ0) is 15.9. The van der Waals surface area contributed by atoms with Gasteiger partial charge in [0.2, 0.25) is 5.91 Å². The second-order valence-corrected chi connectivity index (χ2v) is 6.48. The maximum absolute atomic E-state index is 12.2. The van der Waals surface area contributed by atoms with Crippen LogP contribution < -0.4 is 5.32 Å². The van der Waals surface area contributed by atoms with Gasteiger partial charge in [0, 0.05) is 71.9 Å². The van der Waals surface area contributed by atoms with Crippen LogP contribution in [0.3, 0.4) is 0 Å². The van der Waals surface area contributed by atoms with Crippen molar-refractivity contribution in [2.45, 2.75) is 13.0 Å². The van der Waals surface area contributed by atoms with E-state index in [1.807, 2.05) is 4.90 Å². The maximum Gasteiger partial charge on any atom is 0.223 e. The number of hydrogen-bond donors (Lipinski definition) is 1. The minimum Gasteiger partial charge on any atom is -0.340 e. The summed E-state index contributed by atoms with van der Waals surface area (Å²) < 4.78 is 0. The largest absolute Gasteiger partial charge is 0.340 e. The van der Waals surface area contributed by atoms with Crippen molar-refractivity contribution in [1.29, 1.82) is 0 Å². The highest BCUT2D eigenvalue weighted by Gasteiger charge is 2.20. The number of carbonyl (C=O) groups is 1. The van der Waals surface area contributed by atoms with Gasteiger partial charge in [0.15, 0.2) is 0 Å². The molecule has 2 heterocycles. The third-order valence-corrected chi connectivity index (χ3v) is 4.83. The first-order chi connectivity index (χ1) is 11.3. The van der Waals surface area contributed by atoms with E-state index < -0.39 is 0 Å². The van der Waals surface area contributed by atoms with E-state index in [4.69, 9.17) is 0 Å². The van der Waals surface area contributed by atoms with E-state index in [9.17, 15) is 4.79 Å². The molecular formula is C18H28N4O. The number of piperazine rings is 2. The summed E-state index contributed by atoms with van der Waals surface area (Å²) in [7, 11) is 0. The van der Waals surface area contributed by atoms with Crippen molar-refractivity contribution in [3.63, 3.8) is 0 Å². The SMILES string of the molecule is O=C(CCN1CCN(Cc2ccccc2)CC1)N1CCNCC1. The van der Waals surface area contributed by atoms with Crippen molar-refractivity contribution < 1.29 is 4.79 Å². The first-order valence-electron chi connectivity index (χ1n) is 8.78. The van der Waals surface area contributed by atoms with E-state index >= 15 is 0 Å². The van der Waals surface area contributed by atoms with E-state index in [0.717, 1.165) is 65.4 Å². The van der Waals surface area contributed by atoms with E-state index in [2.05, 4.69) is 45.4 Å². The fraction of sp³-hybridized carbons (Fsp3) is 0.611. The predicted octanol–water partition coefficient (Wildman–Crippen LogP) is 0.626. The van der Waals surface area contributed by atoms with E-state index in [0.29, 0.717) is 12.3 Å². The van der Waals surface area contributed by atoms with Gasteiger partial charge in [-0.2, -0.15) is 0 Å². The Balaban J connectivity index is 1.35. The molecule has 0 spiro atoms. The molecule has 0 bridgehead atoms. The van der Waals surface area contributed by atoms with Gasteiger partial charge in [-0.15, -0.1) is 0 Å². The first kappa shape index (κ1) is 16.4. The molecule has 0 unspecified atom stereocenters. The molecule has 3 rings (SSSR count). The smallest absolute Gasteiger partial charge is 0.223 e. The summed E-state index contributed by atoms with van der Waals surface area (Å²) >= 11 is 0. The van der Waals surface area contributed by atoms with Gasteiger partial charge in [-0.25, -0.2) is 0 Å². The number of hydrogen-bond acceptors (Lipinski definition) is 4. The molecule has 5 heteroatoms. The molecule has 0 saturated carbocycles. The second-order valence-electron chi connectivity index (χ2n) is 6.48. The molecule has 1 N–H and O–H groups in total. The van der Waals surface area contributed by atoms with Crippen LogP contribution >= 0.6 is 0 Å². The fourth-order valence-electron chi connectivity index (χ4n) is 3.34. The zero-order valence-corrected chi connectivity index (χ0v) is 13.9. The van der Waals surface area contributed by atoms with Crippen LogP contribution in [0, 0.1) is 0 Å². The normalized spacial score (nSPS) is 20.6. The van der Waals surface area contributed by atoms with E-state index in [1.54, 1.807) is 0 Å². The summed E-state index contributed by atoms with van der Waals surface area (Å²) in [6.45, 7) is 9.87. The highest BCUT2D eigenvalue weighted by atomic mass is 16.2. The number of carbonyl (C=O) groups excluding carboxylic acids is 1. The quantitative estimate of drug-likeness (QED) is 0.865. The molecule has 0 aliphatic carbocycles. The molecule has 5 nitrogen and oxygen atoms in total. The van der Waals surface area contributed by atoms with Crippen LogP contribution in [0.1, 0.15) is 12.0 Å². The van der Waals surface area contributed by atoms with Crippen LogP contribution in [-0.4, -0.2) is 79.5 Å². The maximum atomic E-state index is 12.2. The summed E-state index contributed by atoms with van der Waals surface area (Å²) in [5.41, 5.74) is 1.38. The average Bonchev–Trinajstić information content (AvgIpc) is 2.62. The highest BCUT2D eigenvalue weighted by molar-refractivity contribution is 5.76. The molecule has 0 aromatic heterocycles. The van der Waals surface area contributed by atoms with E-state index in [-0.39, 0.29) is 0 Å². The van der Waals surface area contributed by atoms with Gasteiger partial charge in [0.25, 0.3) is 0 Å². The van der Waals surface area contributed by atoms with E-state index in [1.165, 1.54) is 5.56 Å². The summed E-state index contributed by atoms with van der Waals surface area (Å²) in [5.74, 6) is 0.318. The molecule has 0 atom stereocenters. The van der Waals surface area contributed by atoms with Gasteiger partial charge in [-0.05, 0) is 5.56 Å². The van der Waals surface area contributed by atoms with Gasteiger partial charge >= 0.3 is 0 Å². The van der Waals surface area contributed by atoms with Crippen molar-refractivity contribution in [3.05, 3.63) is 35.9 Å². The summed E-state index contributed by atoms with van der Waals surface area (Å²) in [6, 6.07) is 10.7. The Morgan fingerprint density at radius 2 is 1.57 bits per heavy atom. The van der Waals surface area contributed by atoms with Crippen LogP contribution in [0.15, 0.2) is 30.3 Å². The van der Waals surface area contributed by atoms with Gasteiger partial charge in [-0.3, -0.25) is 9.69 Å². The number of amides is 1. The third kappa shape index (κ3) is 5.03. The van der Waals surface area contributed by atoms with Gasteiger partial charge < -0.3 is 15.1 Å². The Morgan fingerprint density at radius 3 is 2.26 bits per heavy atom. The lowest BCUT2D eigenvalue weighted by atomic mass is 10.2. The van der Waals surface area contributed by atoms with Gasteiger partial charge in [0.05, 0.1) is 0 Å². The minimum absolute atomic E-state index is 0.318. The van der Waals surface area contributed by atoms with Crippen LogP contribution in [-0.2, 0) is 11.3 Å². The topological polar surface area (TPSA) is 38.8 Å². The highest BCUT2D eigenvalue weighted by Crippen LogP contribution is 2.09. The standard InChI is InChI=1S/C18H28N4O/c23-18(22-10-7-19-8-11-22)6-9-20-12-14-21(15-13-20)16-17-4-2-1-3-5-17/h1-5,19H,6-16H2. The lowest BCUT2D eigenvalue weighted by molar-refractivity contribution is -0.132. The van der Waals surface area contributed by atoms with Crippen molar-refractivity contribution in [3.8, 4) is 0 Å². The molecule has 2 aliphatic heterocycles. The number of nitrogens with zero attached hydrogens (tertiary/aromatic N) is 3. The molecule has 1 aromatic rings. The molecule has 2 aliphatic rings. The molecule has 2 saturated heterocycles. The molecule has 1 amide bonds. The Hall–Kier alpha value is -1.43. The lowest BCUT2D eigenvalue weighted by Crippen LogP contribution is -2.49. The number of nitrogens with one attached hydrogen (secondary N) is 1. The first-order valence-corrected chi connectivity index (χ1v) is 8.78. The van der Waals surface area contributed by atoms with Crippen LogP contribution in [0.2, 0.25) is 0 Å². The molecular weight excluding hydrogens is 288 g/mol. The Labute approximate surface area is 139 Å². The van der Waals surface area contributed by atoms with Gasteiger partial charge in [-0.1, -0.05) is 30.3 Å². The third-order valence-electron chi connectivity index (χ3n) is 4.83.